The number of anilines is 3. The van der Waals surface area contributed by atoms with Crippen molar-refractivity contribution in [2.75, 3.05) is 54.6 Å². The summed E-state index contributed by atoms with van der Waals surface area (Å²) in [6.07, 6.45) is 6.09. The summed E-state index contributed by atoms with van der Waals surface area (Å²) in [5, 5.41) is 2.59. The number of hydrogen-bond donors (Lipinski definition) is 2. The molecule has 0 spiro atoms. The minimum absolute atomic E-state index is 0.0808. The van der Waals surface area contributed by atoms with E-state index in [1.807, 2.05) is 13.8 Å². The molecule has 40 heavy (non-hydrogen) atoms. The summed E-state index contributed by atoms with van der Waals surface area (Å²) in [6.45, 7) is 8.99. The van der Waals surface area contributed by atoms with Gasteiger partial charge in [0.25, 0.3) is 0 Å². The lowest BCUT2D eigenvalue weighted by Gasteiger charge is -2.37. The van der Waals surface area contributed by atoms with Gasteiger partial charge >= 0.3 is 6.01 Å². The third-order valence-corrected chi connectivity index (χ3v) is 11.4. The number of rotatable bonds is 13. The Kier molecular flexibility index (Phi) is 10.3. The van der Waals surface area contributed by atoms with Gasteiger partial charge in [-0.2, -0.15) is 0 Å². The molecule has 2 fully saturated rings. The Hall–Kier alpha value is -2.48. The van der Waals surface area contributed by atoms with Crippen LogP contribution in [0.25, 0.3) is 0 Å². The Labute approximate surface area is 238 Å². The normalized spacial score (nSPS) is 20.2. The molecule has 2 aromatic rings. The lowest BCUT2D eigenvalue weighted by atomic mass is 9.95. The molecule has 11 nitrogen and oxygen atoms in total. The zero-order chi connectivity index (χ0) is 28.8. The van der Waals surface area contributed by atoms with Gasteiger partial charge in [-0.1, -0.05) is 13.0 Å². The summed E-state index contributed by atoms with van der Waals surface area (Å²) in [5.74, 6) is -0.495. The largest absolute Gasteiger partial charge is 0.464 e. The number of ether oxygens (including phenoxy) is 2. The van der Waals surface area contributed by atoms with Crippen LogP contribution in [0, 0.1) is 0 Å². The van der Waals surface area contributed by atoms with Crippen LogP contribution >= 0.6 is 0 Å². The Morgan fingerprint density at radius 3 is 2.45 bits per heavy atom. The van der Waals surface area contributed by atoms with E-state index < -0.39 is 25.1 Å². The highest BCUT2D eigenvalue weighted by Gasteiger charge is 2.37. The lowest BCUT2D eigenvalue weighted by molar-refractivity contribution is 0.0846. The maximum absolute atomic E-state index is 12.9. The van der Waals surface area contributed by atoms with Crippen molar-refractivity contribution in [2.45, 2.75) is 63.7 Å². The molecular formula is C27H41N5O6S2. The first kappa shape index (κ1) is 30.5. The minimum atomic E-state index is -3.75. The van der Waals surface area contributed by atoms with Crippen LogP contribution in [0.4, 0.5) is 17.1 Å². The zero-order valence-corrected chi connectivity index (χ0v) is 25.1. The molecule has 2 atom stereocenters. The molecular weight excluding hydrogens is 554 g/mol. The number of sulfone groups is 1. The van der Waals surface area contributed by atoms with E-state index in [0.29, 0.717) is 30.8 Å². The second-order valence-corrected chi connectivity index (χ2v) is 14.5. The van der Waals surface area contributed by atoms with E-state index in [9.17, 15) is 16.8 Å². The third kappa shape index (κ3) is 7.62. The molecule has 2 aliphatic heterocycles. The fourth-order valence-electron chi connectivity index (χ4n) is 5.36. The molecule has 3 heterocycles. The maximum atomic E-state index is 12.9. The van der Waals surface area contributed by atoms with E-state index in [1.54, 1.807) is 12.4 Å². The molecule has 222 valence electrons. The van der Waals surface area contributed by atoms with Crippen LogP contribution in [0.1, 0.15) is 57.9 Å². The second-order valence-electron chi connectivity index (χ2n) is 10.2. The summed E-state index contributed by atoms with van der Waals surface area (Å²) in [6, 6.07) is 6.87. The van der Waals surface area contributed by atoms with Crippen molar-refractivity contribution in [3.05, 3.63) is 36.2 Å². The fraction of sp³-hybridized carbons (Fsp3) is 0.630. The molecule has 13 heteroatoms. The highest BCUT2D eigenvalue weighted by atomic mass is 32.2. The monoisotopic (exact) mass is 595 g/mol. The van der Waals surface area contributed by atoms with Gasteiger partial charge in [0, 0.05) is 32.3 Å². The molecule has 2 saturated heterocycles. The minimum Gasteiger partial charge on any atom is -0.464 e. The second kappa shape index (κ2) is 13.5. The van der Waals surface area contributed by atoms with Gasteiger partial charge in [0.05, 0.1) is 52.8 Å². The summed E-state index contributed by atoms with van der Waals surface area (Å²) >= 11 is 0. The van der Waals surface area contributed by atoms with Gasteiger partial charge in [-0.05, 0) is 63.1 Å². The molecule has 0 aliphatic carbocycles. The number of nitrogens with one attached hydrogen (secondary N) is 2. The van der Waals surface area contributed by atoms with Gasteiger partial charge in [0.2, 0.25) is 10.0 Å². The molecule has 0 saturated carbocycles. The Morgan fingerprint density at radius 2 is 1.85 bits per heavy atom. The molecule has 1 aromatic carbocycles. The van der Waals surface area contributed by atoms with E-state index in [4.69, 9.17) is 9.47 Å². The van der Waals surface area contributed by atoms with Crippen molar-refractivity contribution in [3.63, 3.8) is 0 Å². The van der Waals surface area contributed by atoms with Crippen molar-refractivity contribution in [3.8, 4) is 6.01 Å². The lowest BCUT2D eigenvalue weighted by Crippen LogP contribution is -2.39. The van der Waals surface area contributed by atoms with Gasteiger partial charge in [-0.15, -0.1) is 0 Å². The summed E-state index contributed by atoms with van der Waals surface area (Å²) in [5.41, 5.74) is 3.60. The topological polar surface area (TPSA) is 140 Å². The smallest absolute Gasteiger partial charge is 0.316 e. The van der Waals surface area contributed by atoms with Crippen LogP contribution in [0.15, 0.2) is 30.6 Å². The van der Waals surface area contributed by atoms with E-state index in [-0.39, 0.29) is 30.4 Å². The molecule has 1 aromatic heterocycles. The Morgan fingerprint density at radius 1 is 1.12 bits per heavy atom. The summed E-state index contributed by atoms with van der Waals surface area (Å²) in [4.78, 5) is 10.9. The standard InChI is InChI=1S/C27H41N5O6S2/c1-4-20(16-30-40(35,36)24-11-14-39(33,34)19-24)21-7-8-26(32(5-2)23-9-12-37-13-10-23)25(15-21)31-22-17-28-27(29-18-22)38-6-3/h7-8,15,17-18,20,23-24,30-31H,4-6,9-14,16,19H2,1-3H3/t20?,24-/m0/s1. The van der Waals surface area contributed by atoms with Crippen LogP contribution in [0.2, 0.25) is 0 Å². The average molecular weight is 596 g/mol. The summed E-state index contributed by atoms with van der Waals surface area (Å²) in [7, 11) is -7.04. The van der Waals surface area contributed by atoms with E-state index >= 15 is 0 Å². The number of hydrogen-bond acceptors (Lipinski definition) is 10. The van der Waals surface area contributed by atoms with Crippen LogP contribution in [-0.4, -0.2) is 82.5 Å². The van der Waals surface area contributed by atoms with E-state index in [2.05, 4.69) is 50.0 Å². The van der Waals surface area contributed by atoms with Gasteiger partial charge in [-0.25, -0.2) is 31.5 Å². The number of aromatic nitrogens is 2. The first-order chi connectivity index (χ1) is 19.2. The Balaban J connectivity index is 1.59. The quantitative estimate of drug-likeness (QED) is 0.355. The van der Waals surface area contributed by atoms with E-state index in [0.717, 1.165) is 49.5 Å². The van der Waals surface area contributed by atoms with Gasteiger partial charge in [0.1, 0.15) is 0 Å². The Bertz CT molecular complexity index is 1330. The first-order valence-electron chi connectivity index (χ1n) is 14.0. The van der Waals surface area contributed by atoms with Gasteiger partial charge < -0.3 is 19.7 Å². The van der Waals surface area contributed by atoms with Crippen molar-refractivity contribution in [1.29, 1.82) is 0 Å². The van der Waals surface area contributed by atoms with Gasteiger partial charge in [0.15, 0.2) is 9.84 Å². The number of benzene rings is 1. The predicted octanol–water partition coefficient (Wildman–Crippen LogP) is 3.22. The van der Waals surface area contributed by atoms with Crippen molar-refractivity contribution in [1.82, 2.24) is 14.7 Å². The van der Waals surface area contributed by atoms with Gasteiger partial charge in [-0.3, -0.25) is 0 Å². The maximum Gasteiger partial charge on any atom is 0.316 e. The van der Waals surface area contributed by atoms with Crippen LogP contribution in [-0.2, 0) is 24.6 Å². The number of sulfonamides is 1. The predicted molar refractivity (Wildman–Crippen MR) is 157 cm³/mol. The van der Waals surface area contributed by atoms with E-state index in [1.165, 1.54) is 0 Å². The van der Waals surface area contributed by atoms with Crippen LogP contribution in [0.3, 0.4) is 0 Å². The first-order valence-corrected chi connectivity index (χ1v) is 17.4. The number of nitrogens with zero attached hydrogens (tertiary/aromatic N) is 3. The fourth-order valence-corrected chi connectivity index (χ4v) is 9.49. The molecule has 2 N–H and O–H groups in total. The van der Waals surface area contributed by atoms with Crippen LogP contribution in [0.5, 0.6) is 6.01 Å². The SMILES string of the molecule is CCOc1ncc(Nc2cc(C(CC)CNS(=O)(=O)[C@H]3CCS(=O)(=O)C3)ccc2N(CC)C2CCOCC2)cn1. The van der Waals surface area contributed by atoms with Crippen molar-refractivity contribution >= 4 is 36.9 Å². The molecule has 4 rings (SSSR count). The highest BCUT2D eigenvalue weighted by Crippen LogP contribution is 2.35. The van der Waals surface area contributed by atoms with Crippen molar-refractivity contribution in [2.24, 2.45) is 0 Å². The van der Waals surface area contributed by atoms with Crippen LogP contribution < -0.4 is 19.7 Å². The molecule has 1 unspecified atom stereocenters. The highest BCUT2D eigenvalue weighted by molar-refractivity contribution is 7.95. The zero-order valence-electron chi connectivity index (χ0n) is 23.5. The molecule has 0 amide bonds. The third-order valence-electron chi connectivity index (χ3n) is 7.61. The average Bonchev–Trinajstić information content (AvgIpc) is 3.33. The molecule has 0 radical (unpaired) electrons. The van der Waals surface area contributed by atoms with Crippen molar-refractivity contribution < 1.29 is 26.3 Å². The molecule has 0 bridgehead atoms. The molecule has 2 aliphatic rings. The summed E-state index contributed by atoms with van der Waals surface area (Å²) < 4.78 is 63.1.